The first-order chi connectivity index (χ1) is 7.59. The van der Waals surface area contributed by atoms with E-state index in [1.54, 1.807) is 0 Å². The molecule has 0 unspecified atom stereocenters. The van der Waals surface area contributed by atoms with E-state index in [0.29, 0.717) is 0 Å². The minimum Gasteiger partial charge on any atom is -0.353 e. The molecule has 0 heterocycles. The Hall–Kier alpha value is -1.31. The van der Waals surface area contributed by atoms with Crippen LogP contribution in [0.15, 0.2) is 30.3 Å². The van der Waals surface area contributed by atoms with Crippen molar-refractivity contribution in [1.82, 2.24) is 5.32 Å². The van der Waals surface area contributed by atoms with Crippen LogP contribution in [-0.4, -0.2) is 11.9 Å². The van der Waals surface area contributed by atoms with Crippen molar-refractivity contribution in [2.24, 2.45) is 5.92 Å². The van der Waals surface area contributed by atoms with Gasteiger partial charge >= 0.3 is 0 Å². The molecule has 0 bridgehead atoms. The summed E-state index contributed by atoms with van der Waals surface area (Å²) >= 11 is 0. The molecule has 0 aliphatic heterocycles. The molecule has 0 spiro atoms. The molecule has 0 saturated carbocycles. The number of carbonyl (C=O) groups excluding carboxylic acids is 1. The number of hydrogen-bond acceptors (Lipinski definition) is 1. The molecule has 1 atom stereocenters. The minimum absolute atomic E-state index is 0.0687. The number of carbonyl (C=O) groups is 1. The van der Waals surface area contributed by atoms with Crippen LogP contribution in [0.5, 0.6) is 0 Å². The van der Waals surface area contributed by atoms with Crippen LogP contribution < -0.4 is 5.32 Å². The Bertz CT molecular complexity index is 319. The maximum Gasteiger partial charge on any atom is 0.222 e. The van der Waals surface area contributed by atoms with Gasteiger partial charge in [-0.25, -0.2) is 0 Å². The molecule has 0 aromatic heterocycles. The van der Waals surface area contributed by atoms with Crippen molar-refractivity contribution < 1.29 is 4.79 Å². The zero-order valence-corrected chi connectivity index (χ0v) is 10.4. The molecule has 1 aromatic rings. The van der Waals surface area contributed by atoms with E-state index in [2.05, 4.69) is 24.4 Å². The second kappa shape index (κ2) is 6.31. The first kappa shape index (κ1) is 12.8. The third-order valence-corrected chi connectivity index (χ3v) is 2.62. The van der Waals surface area contributed by atoms with E-state index >= 15 is 0 Å². The Kier molecular flexibility index (Phi) is 5.03. The maximum atomic E-state index is 11.5. The largest absolute Gasteiger partial charge is 0.353 e. The van der Waals surface area contributed by atoms with Gasteiger partial charge in [0.1, 0.15) is 0 Å². The highest BCUT2D eigenvalue weighted by molar-refractivity contribution is 5.78. The lowest BCUT2D eigenvalue weighted by molar-refractivity contribution is -0.124. The Morgan fingerprint density at radius 1 is 1.19 bits per heavy atom. The first-order valence-electron chi connectivity index (χ1n) is 5.94. The van der Waals surface area contributed by atoms with Crippen LogP contribution in [0.2, 0.25) is 0 Å². The van der Waals surface area contributed by atoms with Crippen molar-refractivity contribution in [3.05, 3.63) is 35.9 Å². The number of benzene rings is 1. The van der Waals surface area contributed by atoms with E-state index in [0.717, 1.165) is 12.8 Å². The summed E-state index contributed by atoms with van der Waals surface area (Å²) in [6, 6.07) is 10.6. The van der Waals surface area contributed by atoms with Gasteiger partial charge in [0.25, 0.3) is 0 Å². The highest BCUT2D eigenvalue weighted by atomic mass is 16.1. The van der Waals surface area contributed by atoms with Crippen molar-refractivity contribution in [2.75, 3.05) is 0 Å². The summed E-state index contributed by atoms with van der Waals surface area (Å²) in [5, 5.41) is 3.01. The van der Waals surface area contributed by atoms with E-state index in [1.807, 2.05) is 32.0 Å². The zero-order chi connectivity index (χ0) is 12.0. The molecule has 0 saturated heterocycles. The Labute approximate surface area is 98.1 Å². The van der Waals surface area contributed by atoms with E-state index in [-0.39, 0.29) is 17.9 Å². The van der Waals surface area contributed by atoms with Crippen LogP contribution in [0.4, 0.5) is 0 Å². The number of amides is 1. The predicted octanol–water partition coefficient (Wildman–Crippen LogP) is 2.78. The molecular weight excluding hydrogens is 198 g/mol. The smallest absolute Gasteiger partial charge is 0.222 e. The molecule has 1 aromatic carbocycles. The van der Waals surface area contributed by atoms with Gasteiger partial charge in [-0.05, 0) is 25.3 Å². The molecule has 16 heavy (non-hydrogen) atoms. The summed E-state index contributed by atoms with van der Waals surface area (Å²) in [4.78, 5) is 11.5. The van der Waals surface area contributed by atoms with E-state index in [4.69, 9.17) is 0 Å². The highest BCUT2D eigenvalue weighted by Gasteiger charge is 2.10. The van der Waals surface area contributed by atoms with Crippen LogP contribution in [-0.2, 0) is 11.2 Å². The van der Waals surface area contributed by atoms with Crippen molar-refractivity contribution in [1.29, 1.82) is 0 Å². The van der Waals surface area contributed by atoms with Gasteiger partial charge < -0.3 is 5.32 Å². The molecule has 2 nitrogen and oxygen atoms in total. The average Bonchev–Trinajstić information content (AvgIpc) is 2.27. The molecule has 88 valence electrons. The normalized spacial score (nSPS) is 12.5. The summed E-state index contributed by atoms with van der Waals surface area (Å²) in [6.07, 6.45) is 2.00. The first-order valence-corrected chi connectivity index (χ1v) is 5.94. The Balaban J connectivity index is 2.30. The summed E-state index contributed by atoms with van der Waals surface area (Å²) in [5.41, 5.74) is 1.33. The Morgan fingerprint density at radius 3 is 2.38 bits per heavy atom. The fourth-order valence-electron chi connectivity index (χ4n) is 1.51. The summed E-state index contributed by atoms with van der Waals surface area (Å²) in [6.45, 7) is 5.89. The molecule has 1 rings (SSSR count). The highest BCUT2D eigenvalue weighted by Crippen LogP contribution is 2.05. The predicted molar refractivity (Wildman–Crippen MR) is 67.2 cm³/mol. The minimum atomic E-state index is 0.0687. The molecule has 0 aliphatic rings. The van der Waals surface area contributed by atoms with Gasteiger partial charge in [-0.1, -0.05) is 44.2 Å². The lowest BCUT2D eigenvalue weighted by Crippen LogP contribution is -2.35. The molecule has 1 amide bonds. The van der Waals surface area contributed by atoms with Gasteiger partial charge in [0.2, 0.25) is 5.91 Å². The van der Waals surface area contributed by atoms with Crippen molar-refractivity contribution in [3.63, 3.8) is 0 Å². The number of rotatable bonds is 5. The third kappa shape index (κ3) is 4.47. The SMILES string of the molecule is CC(C)C(=O)N[C@H](C)CCc1ccccc1. The fraction of sp³-hybridized carbons (Fsp3) is 0.500. The molecule has 0 aliphatic carbocycles. The molecule has 1 N–H and O–H groups in total. The van der Waals surface area contributed by atoms with Crippen molar-refractivity contribution >= 4 is 5.91 Å². The Morgan fingerprint density at radius 2 is 1.81 bits per heavy atom. The van der Waals surface area contributed by atoms with Gasteiger partial charge in [-0.2, -0.15) is 0 Å². The monoisotopic (exact) mass is 219 g/mol. The van der Waals surface area contributed by atoms with Gasteiger partial charge in [-0.15, -0.1) is 0 Å². The van der Waals surface area contributed by atoms with Crippen LogP contribution in [0.1, 0.15) is 32.8 Å². The lowest BCUT2D eigenvalue weighted by Gasteiger charge is -2.15. The van der Waals surface area contributed by atoms with E-state index in [1.165, 1.54) is 5.56 Å². The molecule has 0 radical (unpaired) electrons. The van der Waals surface area contributed by atoms with Crippen LogP contribution in [0.25, 0.3) is 0 Å². The van der Waals surface area contributed by atoms with Gasteiger partial charge in [-0.3, -0.25) is 4.79 Å². The molecule has 0 fully saturated rings. The van der Waals surface area contributed by atoms with Crippen LogP contribution in [0.3, 0.4) is 0 Å². The van der Waals surface area contributed by atoms with Gasteiger partial charge in [0.15, 0.2) is 0 Å². The quantitative estimate of drug-likeness (QED) is 0.810. The average molecular weight is 219 g/mol. The number of hydrogen-bond donors (Lipinski definition) is 1. The topological polar surface area (TPSA) is 29.1 Å². The van der Waals surface area contributed by atoms with Crippen molar-refractivity contribution in [3.8, 4) is 0 Å². The number of nitrogens with one attached hydrogen (secondary N) is 1. The fourth-order valence-corrected chi connectivity index (χ4v) is 1.51. The van der Waals surface area contributed by atoms with Crippen molar-refractivity contribution in [2.45, 2.75) is 39.7 Å². The van der Waals surface area contributed by atoms with Crippen LogP contribution in [0, 0.1) is 5.92 Å². The summed E-state index contributed by atoms with van der Waals surface area (Å²) < 4.78 is 0. The van der Waals surface area contributed by atoms with E-state index < -0.39 is 0 Å². The lowest BCUT2D eigenvalue weighted by atomic mass is 10.1. The van der Waals surface area contributed by atoms with Crippen LogP contribution >= 0.6 is 0 Å². The number of aryl methyl sites for hydroxylation is 1. The second-order valence-corrected chi connectivity index (χ2v) is 4.59. The molecular formula is C14H21NO. The summed E-state index contributed by atoms with van der Waals surface area (Å²) in [7, 11) is 0. The third-order valence-electron chi connectivity index (χ3n) is 2.62. The standard InChI is InChI=1S/C14H21NO/c1-11(2)14(16)15-12(3)9-10-13-7-5-4-6-8-13/h4-8,11-12H,9-10H2,1-3H3,(H,15,16)/t12-/m1/s1. The summed E-state index contributed by atoms with van der Waals surface area (Å²) in [5.74, 6) is 0.208. The zero-order valence-electron chi connectivity index (χ0n) is 10.4. The second-order valence-electron chi connectivity index (χ2n) is 4.59. The molecule has 2 heteroatoms. The van der Waals surface area contributed by atoms with Gasteiger partial charge in [0, 0.05) is 12.0 Å². The maximum absolute atomic E-state index is 11.5. The van der Waals surface area contributed by atoms with E-state index in [9.17, 15) is 4.79 Å². The van der Waals surface area contributed by atoms with Gasteiger partial charge in [0.05, 0.1) is 0 Å².